The molecule has 1 aliphatic rings. The number of hydrogen-bond acceptors (Lipinski definition) is 3. The van der Waals surface area contributed by atoms with Crippen LogP contribution in [0.3, 0.4) is 0 Å². The van der Waals surface area contributed by atoms with Gasteiger partial charge in [0.15, 0.2) is 9.84 Å². The summed E-state index contributed by atoms with van der Waals surface area (Å²) in [6, 6.07) is 7.24. The Hall–Kier alpha value is -1.31. The first-order chi connectivity index (χ1) is 9.08. The molecule has 0 radical (unpaired) electrons. The molecule has 0 bridgehead atoms. The molecule has 0 fully saturated rings. The second-order valence-electron chi connectivity index (χ2n) is 4.87. The summed E-state index contributed by atoms with van der Waals surface area (Å²) >= 11 is 0. The number of hydrogen-bond donors (Lipinski definition) is 1. The molecule has 102 valence electrons. The molecule has 2 atom stereocenters. The molecule has 4 heteroatoms. The van der Waals surface area contributed by atoms with Crippen molar-refractivity contribution in [3.05, 3.63) is 29.8 Å². The van der Waals surface area contributed by atoms with Crippen molar-refractivity contribution in [1.82, 2.24) is 5.32 Å². The Balaban J connectivity index is 2.28. The van der Waals surface area contributed by atoms with Gasteiger partial charge in [0.1, 0.15) is 0 Å². The van der Waals surface area contributed by atoms with Crippen molar-refractivity contribution >= 4 is 9.84 Å². The predicted octanol–water partition coefficient (Wildman–Crippen LogP) is 2.30. The van der Waals surface area contributed by atoms with E-state index in [0.29, 0.717) is 11.3 Å². The summed E-state index contributed by atoms with van der Waals surface area (Å²) in [6.07, 6.45) is 8.02. The summed E-state index contributed by atoms with van der Waals surface area (Å²) in [7, 11) is -3.12. The van der Waals surface area contributed by atoms with Crippen molar-refractivity contribution in [1.29, 1.82) is 0 Å². The molecular formula is C15H19NO2S. The van der Waals surface area contributed by atoms with Crippen LogP contribution in [-0.4, -0.2) is 20.2 Å². The lowest BCUT2D eigenvalue weighted by Gasteiger charge is -2.28. The lowest BCUT2D eigenvalue weighted by Crippen LogP contribution is -2.36. The van der Waals surface area contributed by atoms with E-state index in [1.54, 1.807) is 12.1 Å². The number of terminal acetylenes is 1. The van der Waals surface area contributed by atoms with Crippen LogP contribution in [0.15, 0.2) is 29.2 Å². The average molecular weight is 277 g/mol. The summed E-state index contributed by atoms with van der Waals surface area (Å²) in [5.41, 5.74) is 0.852. The highest BCUT2D eigenvalue weighted by molar-refractivity contribution is 7.91. The van der Waals surface area contributed by atoms with Crippen molar-refractivity contribution in [2.75, 3.05) is 5.75 Å². The highest BCUT2D eigenvalue weighted by Gasteiger charge is 2.30. The maximum Gasteiger partial charge on any atom is 0.178 e. The Kier molecular flexibility index (Phi) is 4.28. The van der Waals surface area contributed by atoms with Gasteiger partial charge >= 0.3 is 0 Å². The van der Waals surface area contributed by atoms with Gasteiger partial charge in [-0.25, -0.2) is 8.42 Å². The molecule has 3 nitrogen and oxygen atoms in total. The average Bonchev–Trinajstić information content (AvgIpc) is 2.41. The summed E-state index contributed by atoms with van der Waals surface area (Å²) in [5.74, 6) is 2.93. The van der Waals surface area contributed by atoms with Crippen LogP contribution in [-0.2, 0) is 9.84 Å². The van der Waals surface area contributed by atoms with E-state index in [9.17, 15) is 8.42 Å². The van der Waals surface area contributed by atoms with E-state index in [1.807, 2.05) is 12.1 Å². The Morgan fingerprint density at radius 3 is 2.89 bits per heavy atom. The molecule has 0 spiro atoms. The number of benzene rings is 1. The van der Waals surface area contributed by atoms with Crippen LogP contribution in [0.25, 0.3) is 0 Å². The summed E-state index contributed by atoms with van der Waals surface area (Å²) < 4.78 is 24.1. The van der Waals surface area contributed by atoms with E-state index >= 15 is 0 Å². The Labute approximate surface area is 115 Å². The van der Waals surface area contributed by atoms with Crippen LogP contribution >= 0.6 is 0 Å². The van der Waals surface area contributed by atoms with E-state index in [-0.39, 0.29) is 17.8 Å². The van der Waals surface area contributed by atoms with E-state index in [1.165, 1.54) is 0 Å². The van der Waals surface area contributed by atoms with Gasteiger partial charge in [0.2, 0.25) is 0 Å². The molecule has 0 aliphatic carbocycles. The number of nitrogens with one attached hydrogen (secondary N) is 1. The van der Waals surface area contributed by atoms with Crippen LogP contribution < -0.4 is 5.32 Å². The van der Waals surface area contributed by atoms with Gasteiger partial charge in [-0.2, -0.15) is 0 Å². The highest BCUT2D eigenvalue weighted by Crippen LogP contribution is 2.32. The third kappa shape index (κ3) is 2.99. The minimum atomic E-state index is -3.12. The van der Waals surface area contributed by atoms with Crippen LogP contribution in [0.4, 0.5) is 0 Å². The zero-order valence-electron chi connectivity index (χ0n) is 11.1. The number of sulfone groups is 1. The van der Waals surface area contributed by atoms with Gasteiger partial charge < -0.3 is 0 Å². The van der Waals surface area contributed by atoms with Crippen LogP contribution in [0.2, 0.25) is 0 Å². The highest BCUT2D eigenvalue weighted by atomic mass is 32.2. The molecule has 1 aromatic rings. The van der Waals surface area contributed by atoms with Gasteiger partial charge in [0.25, 0.3) is 0 Å². The molecule has 1 heterocycles. The predicted molar refractivity (Wildman–Crippen MR) is 76.5 cm³/mol. The molecule has 0 saturated carbocycles. The van der Waals surface area contributed by atoms with Crippen molar-refractivity contribution in [3.8, 4) is 12.3 Å². The largest absolute Gasteiger partial charge is 0.297 e. The quantitative estimate of drug-likeness (QED) is 0.859. The third-order valence-electron chi connectivity index (χ3n) is 3.49. The maximum absolute atomic E-state index is 12.0. The fourth-order valence-corrected chi connectivity index (χ4v) is 4.13. The van der Waals surface area contributed by atoms with E-state index < -0.39 is 9.84 Å². The molecule has 0 saturated heterocycles. The summed E-state index contributed by atoms with van der Waals surface area (Å²) in [6.45, 7) is 2.09. The molecule has 0 aromatic heterocycles. The summed E-state index contributed by atoms with van der Waals surface area (Å²) in [5, 5.41) is 3.40. The first-order valence-corrected chi connectivity index (χ1v) is 8.27. The molecule has 1 aliphatic heterocycles. The zero-order chi connectivity index (χ0) is 13.9. The normalized spacial score (nSPS) is 22.2. The molecule has 2 unspecified atom stereocenters. The second kappa shape index (κ2) is 5.77. The fraction of sp³-hybridized carbons (Fsp3) is 0.467. The second-order valence-corrected chi connectivity index (χ2v) is 6.95. The Morgan fingerprint density at radius 1 is 1.47 bits per heavy atom. The maximum atomic E-state index is 12.0. The zero-order valence-corrected chi connectivity index (χ0v) is 11.9. The van der Waals surface area contributed by atoms with Crippen LogP contribution in [0, 0.1) is 12.3 Å². The Bertz CT molecular complexity index is 586. The van der Waals surface area contributed by atoms with E-state index in [2.05, 4.69) is 18.2 Å². The first kappa shape index (κ1) is 14.1. The van der Waals surface area contributed by atoms with Gasteiger partial charge in [0, 0.05) is 6.04 Å². The Morgan fingerprint density at radius 2 is 2.21 bits per heavy atom. The van der Waals surface area contributed by atoms with Crippen molar-refractivity contribution < 1.29 is 8.42 Å². The SMILES string of the molecule is C#CC(CCC)NC1CCS(=O)(=O)c2ccccc21. The van der Waals surface area contributed by atoms with Crippen molar-refractivity contribution in [2.24, 2.45) is 0 Å². The number of rotatable bonds is 4. The van der Waals surface area contributed by atoms with Crippen LogP contribution in [0.1, 0.15) is 37.8 Å². The van der Waals surface area contributed by atoms with E-state index in [4.69, 9.17) is 6.42 Å². The molecular weight excluding hydrogens is 258 g/mol. The fourth-order valence-electron chi connectivity index (χ4n) is 2.51. The van der Waals surface area contributed by atoms with E-state index in [0.717, 1.165) is 18.4 Å². The standard InChI is InChI=1S/C15H19NO2S/c1-3-7-12(4-2)16-14-10-11-19(17,18)15-9-6-5-8-13(14)15/h2,5-6,8-9,12,14,16H,3,7,10-11H2,1H3. The number of fused-ring (bicyclic) bond motifs is 1. The monoisotopic (exact) mass is 277 g/mol. The topological polar surface area (TPSA) is 46.2 Å². The minimum Gasteiger partial charge on any atom is -0.297 e. The first-order valence-electron chi connectivity index (χ1n) is 6.62. The third-order valence-corrected chi connectivity index (χ3v) is 5.30. The molecule has 1 aromatic carbocycles. The van der Waals surface area contributed by atoms with Gasteiger partial charge in [0.05, 0.1) is 16.7 Å². The molecule has 1 N–H and O–H groups in total. The lowest BCUT2D eigenvalue weighted by molar-refractivity contribution is 0.445. The van der Waals surface area contributed by atoms with Crippen molar-refractivity contribution in [3.63, 3.8) is 0 Å². The molecule has 19 heavy (non-hydrogen) atoms. The van der Waals surface area contributed by atoms with Gasteiger partial charge in [-0.05, 0) is 24.5 Å². The molecule has 0 amide bonds. The lowest BCUT2D eigenvalue weighted by atomic mass is 10.0. The van der Waals surface area contributed by atoms with Gasteiger partial charge in [-0.3, -0.25) is 5.32 Å². The summed E-state index contributed by atoms with van der Waals surface area (Å²) in [4.78, 5) is 0.450. The molecule has 2 rings (SSSR count). The van der Waals surface area contributed by atoms with Crippen LogP contribution in [0.5, 0.6) is 0 Å². The van der Waals surface area contributed by atoms with Gasteiger partial charge in [-0.1, -0.05) is 37.5 Å². The smallest absolute Gasteiger partial charge is 0.178 e. The van der Waals surface area contributed by atoms with Crippen molar-refractivity contribution in [2.45, 2.75) is 43.2 Å². The van der Waals surface area contributed by atoms with Gasteiger partial charge in [-0.15, -0.1) is 6.42 Å². The minimum absolute atomic E-state index is 0.00357.